The molecular weight excluding hydrogens is 328 g/mol. The summed E-state index contributed by atoms with van der Waals surface area (Å²) in [6.45, 7) is 15.0. The number of carboxylic acid groups (broad SMARTS) is 1. The largest absolute Gasteiger partial charge is 0.481 e. The molecule has 0 aromatic carbocycles. The lowest BCUT2D eigenvalue weighted by Gasteiger charge is -2.38. The van der Waals surface area contributed by atoms with Crippen molar-refractivity contribution in [3.8, 4) is 0 Å². The molecule has 2 aliphatic rings. The molecular formula is C21H38O3Si. The van der Waals surface area contributed by atoms with E-state index in [2.05, 4.69) is 46.9 Å². The van der Waals surface area contributed by atoms with Crippen molar-refractivity contribution in [3.63, 3.8) is 0 Å². The van der Waals surface area contributed by atoms with Gasteiger partial charge in [-0.25, -0.2) is 0 Å². The van der Waals surface area contributed by atoms with E-state index in [9.17, 15) is 4.79 Å². The van der Waals surface area contributed by atoms with E-state index in [1.807, 2.05) is 0 Å². The first kappa shape index (κ1) is 20.7. The lowest BCUT2D eigenvalue weighted by molar-refractivity contribution is -0.137. The molecule has 3 nitrogen and oxygen atoms in total. The van der Waals surface area contributed by atoms with Crippen molar-refractivity contribution < 1.29 is 14.3 Å². The van der Waals surface area contributed by atoms with Gasteiger partial charge < -0.3 is 9.53 Å². The van der Waals surface area contributed by atoms with Crippen molar-refractivity contribution in [1.82, 2.24) is 0 Å². The average molecular weight is 367 g/mol. The van der Waals surface area contributed by atoms with Gasteiger partial charge in [0.25, 0.3) is 0 Å². The summed E-state index contributed by atoms with van der Waals surface area (Å²) in [6, 6.07) is 0. The van der Waals surface area contributed by atoms with E-state index in [1.165, 1.54) is 19.3 Å². The van der Waals surface area contributed by atoms with E-state index in [4.69, 9.17) is 9.53 Å². The number of fused-ring (bicyclic) bond motifs is 1. The van der Waals surface area contributed by atoms with Crippen LogP contribution in [0.3, 0.4) is 0 Å². The Balaban J connectivity index is 1.89. The highest BCUT2D eigenvalue weighted by Gasteiger charge is 2.46. The zero-order valence-corrected chi connectivity index (χ0v) is 18.1. The maximum atomic E-state index is 10.6. The predicted molar refractivity (Wildman–Crippen MR) is 106 cm³/mol. The van der Waals surface area contributed by atoms with Crippen LogP contribution in [0.15, 0.2) is 11.6 Å². The van der Waals surface area contributed by atoms with Crippen LogP contribution in [-0.4, -0.2) is 26.0 Å². The quantitative estimate of drug-likeness (QED) is 0.348. The highest BCUT2D eigenvalue weighted by Crippen LogP contribution is 2.53. The third-order valence-electron chi connectivity index (χ3n) is 7.05. The van der Waals surface area contributed by atoms with Gasteiger partial charge in [-0.15, -0.1) is 0 Å². The molecule has 4 atom stereocenters. The number of carboxylic acids is 1. The van der Waals surface area contributed by atoms with Crippen LogP contribution < -0.4 is 0 Å². The zero-order valence-electron chi connectivity index (χ0n) is 17.1. The summed E-state index contributed by atoms with van der Waals surface area (Å²) in [6.07, 6.45) is 8.09. The van der Waals surface area contributed by atoms with Gasteiger partial charge in [-0.3, -0.25) is 4.79 Å². The van der Waals surface area contributed by atoms with Crippen LogP contribution in [-0.2, 0) is 9.22 Å². The van der Waals surface area contributed by atoms with Gasteiger partial charge >= 0.3 is 5.97 Å². The summed E-state index contributed by atoms with van der Waals surface area (Å²) >= 11 is 0. The van der Waals surface area contributed by atoms with Gasteiger partial charge in [-0.1, -0.05) is 39.3 Å². The van der Waals surface area contributed by atoms with Gasteiger partial charge in [0, 0.05) is 13.0 Å². The van der Waals surface area contributed by atoms with E-state index >= 15 is 0 Å². The van der Waals surface area contributed by atoms with Crippen LogP contribution >= 0.6 is 0 Å². The van der Waals surface area contributed by atoms with E-state index < -0.39 is 14.3 Å². The van der Waals surface area contributed by atoms with Gasteiger partial charge in [0.15, 0.2) is 8.32 Å². The Morgan fingerprint density at radius 3 is 2.60 bits per heavy atom. The lowest BCUT2D eigenvalue weighted by atomic mass is 9.89. The molecule has 2 rings (SSSR count). The monoisotopic (exact) mass is 366 g/mol. The molecule has 0 aromatic heterocycles. The third kappa shape index (κ3) is 5.19. The molecule has 0 aliphatic heterocycles. The Labute approximate surface area is 155 Å². The van der Waals surface area contributed by atoms with Gasteiger partial charge in [-0.05, 0) is 73.9 Å². The molecule has 1 unspecified atom stereocenters. The average Bonchev–Trinajstić information content (AvgIpc) is 2.97. The summed E-state index contributed by atoms with van der Waals surface area (Å²) < 4.78 is 6.57. The molecule has 4 heteroatoms. The summed E-state index contributed by atoms with van der Waals surface area (Å²) in [7, 11) is -1.67. The van der Waals surface area contributed by atoms with Crippen molar-refractivity contribution >= 4 is 14.3 Å². The first-order valence-electron chi connectivity index (χ1n) is 10.0. The molecule has 0 spiro atoms. The van der Waals surface area contributed by atoms with Crippen molar-refractivity contribution in [2.24, 2.45) is 23.7 Å². The third-order valence-corrected chi connectivity index (χ3v) is 11.6. The SMILES string of the molecule is C[C@@H]1CC2C/C(=C\CCCC(=O)O)C[C@@H]2[C@H]1CO[Si](C)(C)C(C)(C)C. The van der Waals surface area contributed by atoms with Crippen molar-refractivity contribution in [2.45, 2.75) is 84.4 Å². The highest BCUT2D eigenvalue weighted by atomic mass is 28.4. The fourth-order valence-electron chi connectivity index (χ4n) is 4.41. The number of unbranched alkanes of at least 4 members (excludes halogenated alkanes) is 1. The summed E-state index contributed by atoms with van der Waals surface area (Å²) in [5, 5.41) is 9.03. The second-order valence-corrected chi connectivity index (χ2v) is 14.7. The predicted octanol–water partition coefficient (Wildman–Crippen LogP) is 5.87. The normalized spacial score (nSPS) is 31.5. The number of allylic oxidation sites excluding steroid dienone is 2. The molecule has 0 amide bonds. The molecule has 1 N–H and O–H groups in total. The molecule has 0 bridgehead atoms. The van der Waals surface area contributed by atoms with Crippen LogP contribution in [0.5, 0.6) is 0 Å². The minimum absolute atomic E-state index is 0.277. The van der Waals surface area contributed by atoms with Gasteiger partial charge in [0.1, 0.15) is 0 Å². The number of aliphatic carboxylic acids is 1. The Kier molecular flexibility index (Phi) is 6.58. The maximum absolute atomic E-state index is 10.6. The van der Waals surface area contributed by atoms with Crippen LogP contribution in [0, 0.1) is 23.7 Å². The standard InChI is InChI=1S/C21H38O3Si/c1-15-11-17-12-16(9-7-8-10-20(22)23)13-18(17)19(15)14-24-25(5,6)21(2,3)4/h9,15,17-19H,7-8,10-14H2,1-6H3,(H,22,23)/b16-9+/t15-,17?,18+,19+/m1/s1. The molecule has 0 saturated heterocycles. The fourth-order valence-corrected chi connectivity index (χ4v) is 5.45. The topological polar surface area (TPSA) is 46.5 Å². The second-order valence-electron chi connectivity index (χ2n) is 9.93. The van der Waals surface area contributed by atoms with Gasteiger partial charge in [0.05, 0.1) is 0 Å². The highest BCUT2D eigenvalue weighted by molar-refractivity contribution is 6.74. The molecule has 0 heterocycles. The zero-order chi connectivity index (χ0) is 18.8. The number of hydrogen-bond acceptors (Lipinski definition) is 2. The Morgan fingerprint density at radius 1 is 1.32 bits per heavy atom. The van der Waals surface area contributed by atoms with Crippen LogP contribution in [0.2, 0.25) is 18.1 Å². The molecule has 144 valence electrons. The fraction of sp³-hybridized carbons (Fsp3) is 0.857. The molecule has 2 saturated carbocycles. The molecule has 0 radical (unpaired) electrons. The van der Waals surface area contributed by atoms with E-state index in [-0.39, 0.29) is 11.5 Å². The van der Waals surface area contributed by atoms with Crippen molar-refractivity contribution in [3.05, 3.63) is 11.6 Å². The minimum atomic E-state index is -1.67. The number of carbonyl (C=O) groups is 1. The summed E-state index contributed by atoms with van der Waals surface area (Å²) in [4.78, 5) is 10.6. The molecule has 2 aliphatic carbocycles. The Hall–Kier alpha value is -0.613. The first-order valence-corrected chi connectivity index (χ1v) is 13.0. The van der Waals surface area contributed by atoms with Crippen LogP contribution in [0.25, 0.3) is 0 Å². The van der Waals surface area contributed by atoms with Crippen LogP contribution in [0.1, 0.15) is 66.2 Å². The minimum Gasteiger partial charge on any atom is -0.481 e. The lowest BCUT2D eigenvalue weighted by Crippen LogP contribution is -2.42. The van der Waals surface area contributed by atoms with Crippen molar-refractivity contribution in [1.29, 1.82) is 0 Å². The van der Waals surface area contributed by atoms with Gasteiger partial charge in [0.2, 0.25) is 0 Å². The molecule has 2 fully saturated rings. The number of hydrogen-bond donors (Lipinski definition) is 1. The summed E-state index contributed by atoms with van der Waals surface area (Å²) in [5.41, 5.74) is 1.57. The summed E-state index contributed by atoms with van der Waals surface area (Å²) in [5.74, 6) is 2.40. The smallest absolute Gasteiger partial charge is 0.303 e. The Morgan fingerprint density at radius 2 is 2.00 bits per heavy atom. The van der Waals surface area contributed by atoms with E-state index in [0.29, 0.717) is 5.92 Å². The van der Waals surface area contributed by atoms with Crippen LogP contribution in [0.4, 0.5) is 0 Å². The van der Waals surface area contributed by atoms with E-state index in [0.717, 1.165) is 37.2 Å². The Bertz CT molecular complexity index is 504. The molecule has 0 aromatic rings. The first-order chi connectivity index (χ1) is 11.5. The number of rotatable bonds is 7. The van der Waals surface area contributed by atoms with E-state index in [1.54, 1.807) is 5.57 Å². The molecule has 25 heavy (non-hydrogen) atoms. The second kappa shape index (κ2) is 7.95. The van der Waals surface area contributed by atoms with Gasteiger partial charge in [-0.2, -0.15) is 0 Å². The van der Waals surface area contributed by atoms with Crippen molar-refractivity contribution in [2.75, 3.05) is 6.61 Å². The maximum Gasteiger partial charge on any atom is 0.303 e.